The number of pyridine rings is 2. The molecule has 2 amide bonds. The van der Waals surface area contributed by atoms with Gasteiger partial charge < -0.3 is 19.7 Å². The molecule has 0 aromatic carbocycles. The molecule has 180 valence electrons. The summed E-state index contributed by atoms with van der Waals surface area (Å²) in [6, 6.07) is 5.45. The van der Waals surface area contributed by atoms with Crippen LogP contribution >= 0.6 is 11.6 Å². The van der Waals surface area contributed by atoms with Crippen LogP contribution in [0.1, 0.15) is 44.9 Å². The Morgan fingerprint density at radius 2 is 2.00 bits per heavy atom. The van der Waals surface area contributed by atoms with Crippen LogP contribution in [0.2, 0.25) is 5.02 Å². The van der Waals surface area contributed by atoms with Gasteiger partial charge in [0, 0.05) is 24.7 Å². The molecule has 9 heteroatoms. The van der Waals surface area contributed by atoms with Gasteiger partial charge in [-0.2, -0.15) is 0 Å². The topological polar surface area (TPSA) is 93.7 Å². The van der Waals surface area contributed by atoms with Gasteiger partial charge in [0.25, 0.3) is 0 Å². The predicted octanol–water partition coefficient (Wildman–Crippen LogP) is 4.73. The monoisotopic (exact) mass is 484 g/mol. The van der Waals surface area contributed by atoms with Crippen molar-refractivity contribution in [3.63, 3.8) is 0 Å². The molecule has 0 saturated carbocycles. The summed E-state index contributed by atoms with van der Waals surface area (Å²) in [7, 11) is 1.50. The lowest BCUT2D eigenvalue weighted by molar-refractivity contribution is -0.115. The van der Waals surface area contributed by atoms with Gasteiger partial charge in [0.05, 0.1) is 31.5 Å². The summed E-state index contributed by atoms with van der Waals surface area (Å²) in [6.07, 6.45) is 7.13. The van der Waals surface area contributed by atoms with E-state index in [1.54, 1.807) is 12.3 Å². The number of hydrogen-bond donors (Lipinski definition) is 1. The lowest BCUT2D eigenvalue weighted by atomic mass is 9.78. The maximum absolute atomic E-state index is 12.6. The summed E-state index contributed by atoms with van der Waals surface area (Å²) in [5, 5.41) is 3.12. The molecule has 2 aliphatic heterocycles. The zero-order valence-corrected chi connectivity index (χ0v) is 20.6. The van der Waals surface area contributed by atoms with Crippen LogP contribution in [-0.4, -0.2) is 52.2 Å². The fraction of sp³-hybridized carbons (Fsp3) is 0.440. The number of halogens is 1. The van der Waals surface area contributed by atoms with Crippen molar-refractivity contribution in [1.29, 1.82) is 0 Å². The highest BCUT2D eigenvalue weighted by atomic mass is 35.5. The van der Waals surface area contributed by atoms with Gasteiger partial charge >= 0.3 is 6.09 Å². The molecule has 1 aliphatic carbocycles. The normalized spacial score (nSPS) is 19.4. The average Bonchev–Trinajstić information content (AvgIpc) is 2.80. The molecule has 0 spiro atoms. The van der Waals surface area contributed by atoms with Crippen molar-refractivity contribution in [3.8, 4) is 5.75 Å². The molecular weight excluding hydrogens is 456 g/mol. The first-order valence-electron chi connectivity index (χ1n) is 11.3. The molecule has 3 aliphatic rings. The van der Waals surface area contributed by atoms with Crippen LogP contribution < -0.4 is 10.1 Å². The van der Waals surface area contributed by atoms with Gasteiger partial charge in [-0.25, -0.2) is 9.78 Å². The van der Waals surface area contributed by atoms with Gasteiger partial charge in [-0.1, -0.05) is 23.7 Å². The maximum Gasteiger partial charge on any atom is 0.410 e. The fourth-order valence-corrected chi connectivity index (χ4v) is 4.49. The van der Waals surface area contributed by atoms with Gasteiger partial charge in [0.2, 0.25) is 5.91 Å². The number of carbonyl (C=O) groups is 2. The highest BCUT2D eigenvalue weighted by molar-refractivity contribution is 6.32. The van der Waals surface area contributed by atoms with Gasteiger partial charge in [-0.15, -0.1) is 0 Å². The molecule has 5 rings (SSSR count). The number of carbonyl (C=O) groups excluding carboxylic acids is 2. The van der Waals surface area contributed by atoms with Crippen LogP contribution in [0.15, 0.2) is 36.7 Å². The van der Waals surface area contributed by atoms with Crippen molar-refractivity contribution in [2.24, 2.45) is 5.92 Å². The van der Waals surface area contributed by atoms with Gasteiger partial charge in [0.1, 0.15) is 22.2 Å². The van der Waals surface area contributed by atoms with E-state index in [2.05, 4.69) is 21.4 Å². The van der Waals surface area contributed by atoms with E-state index in [0.717, 1.165) is 29.7 Å². The van der Waals surface area contributed by atoms with Crippen LogP contribution in [-0.2, 0) is 16.0 Å². The molecule has 8 nitrogen and oxygen atoms in total. The van der Waals surface area contributed by atoms with Gasteiger partial charge in [0.15, 0.2) is 0 Å². The standard InChI is InChI=1S/C25H29ClN4O4/c1-25(2,3)34-24(32)30-14-16-6-7-17(30)10-18(16)20-8-5-15(12-27-20)9-23(31)29-22-11-21(33-4)19(26)13-28-22/h5,8,10-13,16-17H,6-7,9,14H2,1-4H3,(H,28,29,31). The third kappa shape index (κ3) is 5.50. The number of methoxy groups -OCH3 is 1. The molecule has 4 heterocycles. The zero-order valence-electron chi connectivity index (χ0n) is 19.8. The minimum absolute atomic E-state index is 0.0194. The zero-order chi connectivity index (χ0) is 24.5. The Hall–Kier alpha value is -3.13. The minimum Gasteiger partial charge on any atom is -0.495 e. The van der Waals surface area contributed by atoms with Crippen molar-refractivity contribution in [2.45, 2.75) is 51.7 Å². The van der Waals surface area contributed by atoms with Crippen molar-refractivity contribution in [2.75, 3.05) is 19.0 Å². The van der Waals surface area contributed by atoms with E-state index in [-0.39, 0.29) is 30.4 Å². The first kappa shape index (κ1) is 24.0. The maximum atomic E-state index is 12.6. The Labute approximate surface area is 204 Å². The van der Waals surface area contributed by atoms with Crippen LogP contribution in [0.25, 0.3) is 5.57 Å². The molecule has 2 bridgehead atoms. The van der Waals surface area contributed by atoms with Crippen LogP contribution in [0, 0.1) is 5.92 Å². The second kappa shape index (κ2) is 9.62. The van der Waals surface area contributed by atoms with Crippen LogP contribution in [0.5, 0.6) is 5.75 Å². The molecule has 2 aromatic rings. The van der Waals surface area contributed by atoms with Crippen molar-refractivity contribution in [1.82, 2.24) is 14.9 Å². The summed E-state index contributed by atoms with van der Waals surface area (Å²) in [4.78, 5) is 35.6. The SMILES string of the molecule is COc1cc(NC(=O)Cc2ccc(C3=CC4CCC3CN4C(=O)OC(C)(C)C)nc2)ncc1Cl. The van der Waals surface area contributed by atoms with E-state index < -0.39 is 5.60 Å². The van der Waals surface area contributed by atoms with Crippen molar-refractivity contribution < 1.29 is 19.1 Å². The molecule has 2 atom stereocenters. The Bertz CT molecular complexity index is 1110. The fourth-order valence-electron chi connectivity index (χ4n) is 4.30. The molecular formula is C25H29ClN4O4. The first-order chi connectivity index (χ1) is 16.1. The Kier molecular flexibility index (Phi) is 6.79. The van der Waals surface area contributed by atoms with Gasteiger partial charge in [-0.05, 0) is 50.8 Å². The van der Waals surface area contributed by atoms with Crippen LogP contribution in [0.3, 0.4) is 0 Å². The van der Waals surface area contributed by atoms with Gasteiger partial charge in [-0.3, -0.25) is 9.78 Å². The van der Waals surface area contributed by atoms with E-state index in [9.17, 15) is 9.59 Å². The second-order valence-corrected chi connectivity index (χ2v) is 9.98. The second-order valence-electron chi connectivity index (χ2n) is 9.58. The molecule has 0 radical (unpaired) electrons. The largest absolute Gasteiger partial charge is 0.495 e. The minimum atomic E-state index is -0.514. The summed E-state index contributed by atoms with van der Waals surface area (Å²) >= 11 is 5.98. The van der Waals surface area contributed by atoms with E-state index in [0.29, 0.717) is 23.1 Å². The van der Waals surface area contributed by atoms with E-state index in [1.807, 2.05) is 37.8 Å². The predicted molar refractivity (Wildman–Crippen MR) is 130 cm³/mol. The molecule has 1 fully saturated rings. The number of fused-ring (bicyclic) bond motifs is 2. The summed E-state index contributed by atoms with van der Waals surface area (Å²) in [5.74, 6) is 0.826. The first-order valence-corrected chi connectivity index (χ1v) is 11.7. The van der Waals surface area contributed by atoms with E-state index in [1.165, 1.54) is 13.3 Å². The number of amides is 2. The lowest BCUT2D eigenvalue weighted by Gasteiger charge is -2.44. The Morgan fingerprint density at radius 3 is 2.62 bits per heavy atom. The highest BCUT2D eigenvalue weighted by Crippen LogP contribution is 2.39. The summed E-state index contributed by atoms with van der Waals surface area (Å²) in [6.45, 7) is 6.27. The lowest BCUT2D eigenvalue weighted by Crippen LogP contribution is -2.51. The third-order valence-electron chi connectivity index (χ3n) is 5.86. The Balaban J connectivity index is 1.39. The summed E-state index contributed by atoms with van der Waals surface area (Å²) < 4.78 is 10.7. The number of anilines is 1. The number of aromatic nitrogens is 2. The molecule has 1 N–H and O–H groups in total. The van der Waals surface area contributed by atoms with E-state index in [4.69, 9.17) is 21.1 Å². The average molecular weight is 485 g/mol. The van der Waals surface area contributed by atoms with Crippen molar-refractivity contribution in [3.05, 3.63) is 52.9 Å². The number of nitrogens with zero attached hydrogens (tertiary/aromatic N) is 3. The number of piperidine rings is 1. The third-order valence-corrected chi connectivity index (χ3v) is 6.14. The van der Waals surface area contributed by atoms with E-state index >= 15 is 0 Å². The highest BCUT2D eigenvalue weighted by Gasteiger charge is 2.39. The van der Waals surface area contributed by atoms with Crippen LogP contribution in [0.4, 0.5) is 10.6 Å². The quantitative estimate of drug-likeness (QED) is 0.659. The molecule has 2 unspecified atom stereocenters. The molecule has 1 saturated heterocycles. The molecule has 2 aromatic heterocycles. The number of rotatable bonds is 5. The number of hydrogen-bond acceptors (Lipinski definition) is 6. The summed E-state index contributed by atoms with van der Waals surface area (Å²) in [5.41, 5.74) is 2.31. The number of ether oxygens (including phenoxy) is 2. The molecule has 34 heavy (non-hydrogen) atoms. The smallest absolute Gasteiger partial charge is 0.410 e. The Morgan fingerprint density at radius 1 is 1.21 bits per heavy atom. The van der Waals surface area contributed by atoms with Crippen molar-refractivity contribution >= 4 is 35.0 Å². The number of nitrogens with one attached hydrogen (secondary N) is 1.